The first-order valence-corrected chi connectivity index (χ1v) is 8.72. The second-order valence-electron chi connectivity index (χ2n) is 4.76. The molecule has 1 N–H and O–H groups in total. The van der Waals surface area contributed by atoms with Crippen LogP contribution in [0.3, 0.4) is 0 Å². The number of halogens is 1. The number of hydrogen-bond donors (Lipinski definition) is 1. The minimum Gasteiger partial charge on any atom is -0.497 e. The quantitative estimate of drug-likeness (QED) is 0.556. The van der Waals surface area contributed by atoms with Crippen LogP contribution in [-0.2, 0) is 0 Å². The molecular formula is C17H20BrNOS. The highest BCUT2D eigenvalue weighted by Gasteiger charge is 2.05. The summed E-state index contributed by atoms with van der Waals surface area (Å²) in [6.45, 7) is 3.15. The molecule has 2 aromatic carbocycles. The standard InChI is InChI=1S/C17H20BrNOS/c1-13(14-5-3-7-16(11-14)20-2)19-9-10-21-17-8-4-6-15(18)12-17/h3-8,11-13,19H,9-10H2,1-2H3. The minimum atomic E-state index is 0.322. The van der Waals surface area contributed by atoms with Gasteiger partial charge >= 0.3 is 0 Å². The number of benzene rings is 2. The Morgan fingerprint density at radius 2 is 2.00 bits per heavy atom. The van der Waals surface area contributed by atoms with Crippen molar-refractivity contribution in [3.05, 3.63) is 58.6 Å². The predicted molar refractivity (Wildman–Crippen MR) is 94.3 cm³/mol. The molecule has 0 aliphatic heterocycles. The fraction of sp³-hybridized carbons (Fsp3) is 0.294. The predicted octanol–water partition coefficient (Wildman–Crippen LogP) is 4.90. The van der Waals surface area contributed by atoms with Crippen molar-refractivity contribution in [3.8, 4) is 5.75 Å². The Hall–Kier alpha value is -0.970. The molecule has 0 aliphatic rings. The maximum atomic E-state index is 5.26. The van der Waals surface area contributed by atoms with Gasteiger partial charge < -0.3 is 10.1 Å². The highest BCUT2D eigenvalue weighted by atomic mass is 79.9. The topological polar surface area (TPSA) is 21.3 Å². The molecule has 2 aromatic rings. The van der Waals surface area contributed by atoms with Crippen LogP contribution < -0.4 is 10.1 Å². The molecule has 0 aromatic heterocycles. The van der Waals surface area contributed by atoms with Gasteiger partial charge in [-0.15, -0.1) is 11.8 Å². The van der Waals surface area contributed by atoms with Gasteiger partial charge in [0.25, 0.3) is 0 Å². The fourth-order valence-corrected chi connectivity index (χ4v) is 3.42. The summed E-state index contributed by atoms with van der Waals surface area (Å²) >= 11 is 5.36. The third kappa shape index (κ3) is 5.38. The fourth-order valence-electron chi connectivity index (χ4n) is 2.03. The maximum absolute atomic E-state index is 5.26. The summed E-state index contributed by atoms with van der Waals surface area (Å²) < 4.78 is 6.39. The normalized spacial score (nSPS) is 12.1. The van der Waals surface area contributed by atoms with Crippen LogP contribution in [0.25, 0.3) is 0 Å². The van der Waals surface area contributed by atoms with Crippen molar-refractivity contribution >= 4 is 27.7 Å². The summed E-state index contributed by atoms with van der Waals surface area (Å²) in [5.74, 6) is 1.95. The number of ether oxygens (including phenoxy) is 1. The Bertz CT molecular complexity index is 576. The SMILES string of the molecule is COc1cccc(C(C)NCCSc2cccc(Br)c2)c1. The van der Waals surface area contributed by atoms with Crippen molar-refractivity contribution in [2.45, 2.75) is 17.9 Å². The Kier molecular flexibility index (Phi) is 6.61. The number of thioether (sulfide) groups is 1. The first-order chi connectivity index (χ1) is 10.2. The number of rotatable bonds is 7. The number of nitrogens with one attached hydrogen (secondary N) is 1. The molecule has 0 heterocycles. The molecule has 0 amide bonds. The molecule has 0 radical (unpaired) electrons. The largest absolute Gasteiger partial charge is 0.497 e. The van der Waals surface area contributed by atoms with Gasteiger partial charge in [-0.05, 0) is 42.8 Å². The van der Waals surface area contributed by atoms with Crippen molar-refractivity contribution in [3.63, 3.8) is 0 Å². The van der Waals surface area contributed by atoms with Crippen LogP contribution >= 0.6 is 27.7 Å². The van der Waals surface area contributed by atoms with Crippen LogP contribution in [0, 0.1) is 0 Å². The van der Waals surface area contributed by atoms with E-state index in [0.29, 0.717) is 6.04 Å². The molecule has 0 bridgehead atoms. The van der Waals surface area contributed by atoms with Crippen LogP contribution in [0.1, 0.15) is 18.5 Å². The lowest BCUT2D eigenvalue weighted by atomic mass is 10.1. The smallest absolute Gasteiger partial charge is 0.119 e. The summed E-state index contributed by atoms with van der Waals surface area (Å²) in [5.41, 5.74) is 1.25. The Balaban J connectivity index is 1.77. The van der Waals surface area contributed by atoms with Gasteiger partial charge in [-0.2, -0.15) is 0 Å². The van der Waals surface area contributed by atoms with Gasteiger partial charge in [0.15, 0.2) is 0 Å². The summed E-state index contributed by atoms with van der Waals surface area (Å²) in [5, 5.41) is 3.55. The van der Waals surface area contributed by atoms with Crippen LogP contribution in [-0.4, -0.2) is 19.4 Å². The molecule has 2 rings (SSSR count). The van der Waals surface area contributed by atoms with Gasteiger partial charge in [0, 0.05) is 27.7 Å². The van der Waals surface area contributed by atoms with E-state index in [2.05, 4.69) is 58.5 Å². The first kappa shape index (κ1) is 16.4. The third-order valence-corrected chi connectivity index (χ3v) is 4.70. The van der Waals surface area contributed by atoms with Crippen molar-refractivity contribution < 1.29 is 4.74 Å². The van der Waals surface area contributed by atoms with E-state index in [-0.39, 0.29) is 0 Å². The lowest BCUT2D eigenvalue weighted by Gasteiger charge is -2.15. The molecule has 0 fully saturated rings. The monoisotopic (exact) mass is 365 g/mol. The molecule has 0 saturated heterocycles. The van der Waals surface area contributed by atoms with E-state index in [0.717, 1.165) is 22.5 Å². The van der Waals surface area contributed by atoms with Crippen LogP contribution in [0.4, 0.5) is 0 Å². The second kappa shape index (κ2) is 8.47. The molecule has 0 spiro atoms. The van der Waals surface area contributed by atoms with E-state index in [1.54, 1.807) is 7.11 Å². The average molecular weight is 366 g/mol. The van der Waals surface area contributed by atoms with E-state index in [9.17, 15) is 0 Å². The zero-order valence-electron chi connectivity index (χ0n) is 12.3. The molecule has 1 unspecified atom stereocenters. The van der Waals surface area contributed by atoms with E-state index in [1.807, 2.05) is 30.0 Å². The van der Waals surface area contributed by atoms with Gasteiger partial charge in [-0.25, -0.2) is 0 Å². The Morgan fingerprint density at radius 3 is 2.76 bits per heavy atom. The van der Waals surface area contributed by atoms with Gasteiger partial charge in [-0.1, -0.05) is 34.1 Å². The summed E-state index contributed by atoms with van der Waals surface area (Å²) in [6.07, 6.45) is 0. The van der Waals surface area contributed by atoms with Crippen LogP contribution in [0.15, 0.2) is 57.9 Å². The lowest BCUT2D eigenvalue weighted by Crippen LogP contribution is -2.21. The Labute approximate surface area is 139 Å². The molecule has 2 nitrogen and oxygen atoms in total. The number of hydrogen-bond acceptors (Lipinski definition) is 3. The molecule has 21 heavy (non-hydrogen) atoms. The zero-order chi connectivity index (χ0) is 15.1. The van der Waals surface area contributed by atoms with E-state index < -0.39 is 0 Å². The minimum absolute atomic E-state index is 0.322. The van der Waals surface area contributed by atoms with Gasteiger partial charge in [0.05, 0.1) is 7.11 Å². The first-order valence-electron chi connectivity index (χ1n) is 6.95. The van der Waals surface area contributed by atoms with Gasteiger partial charge in [-0.3, -0.25) is 0 Å². The molecule has 1 atom stereocenters. The second-order valence-corrected chi connectivity index (χ2v) is 6.84. The molecule has 112 valence electrons. The van der Waals surface area contributed by atoms with Crippen molar-refractivity contribution in [2.24, 2.45) is 0 Å². The Morgan fingerprint density at radius 1 is 1.19 bits per heavy atom. The molecular weight excluding hydrogens is 346 g/mol. The highest BCUT2D eigenvalue weighted by molar-refractivity contribution is 9.10. The van der Waals surface area contributed by atoms with Gasteiger partial charge in [0.1, 0.15) is 5.75 Å². The van der Waals surface area contributed by atoms with Crippen LogP contribution in [0.5, 0.6) is 5.75 Å². The van der Waals surface area contributed by atoms with E-state index >= 15 is 0 Å². The zero-order valence-corrected chi connectivity index (χ0v) is 14.7. The lowest BCUT2D eigenvalue weighted by molar-refractivity contribution is 0.413. The van der Waals surface area contributed by atoms with E-state index in [1.165, 1.54) is 10.5 Å². The average Bonchev–Trinajstić information content (AvgIpc) is 2.51. The third-order valence-electron chi connectivity index (χ3n) is 3.21. The molecule has 0 saturated carbocycles. The highest BCUT2D eigenvalue weighted by Crippen LogP contribution is 2.22. The number of methoxy groups -OCH3 is 1. The van der Waals surface area contributed by atoms with Crippen molar-refractivity contribution in [2.75, 3.05) is 19.4 Å². The summed E-state index contributed by atoms with van der Waals surface area (Å²) in [4.78, 5) is 1.29. The maximum Gasteiger partial charge on any atom is 0.119 e. The summed E-state index contributed by atoms with van der Waals surface area (Å²) in [7, 11) is 1.70. The molecule has 4 heteroatoms. The summed E-state index contributed by atoms with van der Waals surface area (Å²) in [6, 6.07) is 16.9. The van der Waals surface area contributed by atoms with Crippen molar-refractivity contribution in [1.29, 1.82) is 0 Å². The molecule has 0 aliphatic carbocycles. The van der Waals surface area contributed by atoms with Gasteiger partial charge in [0.2, 0.25) is 0 Å². The van der Waals surface area contributed by atoms with Crippen LogP contribution in [0.2, 0.25) is 0 Å². The van der Waals surface area contributed by atoms with E-state index in [4.69, 9.17) is 4.74 Å². The van der Waals surface area contributed by atoms with Crippen molar-refractivity contribution in [1.82, 2.24) is 5.32 Å².